The molecule has 75 valence electrons. The number of nitrogens with two attached hydrogens (primary N) is 1. The predicted molar refractivity (Wildman–Crippen MR) is 58.5 cm³/mol. The van der Waals surface area contributed by atoms with Crippen LogP contribution in [-0.4, -0.2) is 10.9 Å². The second kappa shape index (κ2) is 3.69. The number of hydrogen-bond donors (Lipinski definition) is 1. The lowest BCUT2D eigenvalue weighted by molar-refractivity contribution is 0.0996. The summed E-state index contributed by atoms with van der Waals surface area (Å²) in [6.07, 6.45) is 0.901. The van der Waals surface area contributed by atoms with Gasteiger partial charge in [-0.05, 0) is 36.2 Å². The van der Waals surface area contributed by atoms with E-state index in [0.717, 1.165) is 22.9 Å². The van der Waals surface area contributed by atoms with Crippen molar-refractivity contribution in [3.63, 3.8) is 0 Å². The van der Waals surface area contributed by atoms with Gasteiger partial charge in [-0.2, -0.15) is 0 Å². The van der Waals surface area contributed by atoms with Gasteiger partial charge in [-0.15, -0.1) is 0 Å². The predicted octanol–water partition coefficient (Wildman–Crippen LogP) is 1.70. The Morgan fingerprint density at radius 2 is 2.33 bits per heavy atom. The minimum atomic E-state index is -0.497. The van der Waals surface area contributed by atoms with Gasteiger partial charge in [0.05, 0.1) is 5.52 Å². The van der Waals surface area contributed by atoms with E-state index in [1.165, 1.54) is 0 Å². The molecule has 0 unspecified atom stereocenters. The second-order valence-electron chi connectivity index (χ2n) is 3.35. The second-order valence-corrected chi connectivity index (χ2v) is 3.35. The third kappa shape index (κ3) is 1.81. The van der Waals surface area contributed by atoms with Crippen molar-refractivity contribution in [2.75, 3.05) is 0 Å². The van der Waals surface area contributed by atoms with Crippen molar-refractivity contribution >= 4 is 16.8 Å². The average molecular weight is 199 g/mol. The van der Waals surface area contributed by atoms with Gasteiger partial charge in [-0.1, -0.05) is 13.0 Å². The van der Waals surface area contributed by atoms with Gasteiger partial charge in [-0.25, -0.2) is 4.98 Å². The first kappa shape index (κ1) is 9.65. The van der Waals surface area contributed by atoms with Crippen molar-refractivity contribution in [1.29, 1.82) is 0 Å². The van der Waals surface area contributed by atoms with Crippen LogP contribution in [0.3, 0.4) is 0 Å². The first-order valence-electron chi connectivity index (χ1n) is 4.82. The molecular formula is C12H11N2O. The number of amides is 1. The Bertz CT molecular complexity index is 520. The lowest BCUT2D eigenvalue weighted by Crippen LogP contribution is -2.12. The summed E-state index contributed by atoms with van der Waals surface area (Å²) in [5.74, 6) is -0.497. The van der Waals surface area contributed by atoms with Gasteiger partial charge in [0.2, 0.25) is 0 Å². The van der Waals surface area contributed by atoms with E-state index in [4.69, 9.17) is 5.73 Å². The van der Waals surface area contributed by atoms with E-state index in [1.807, 2.05) is 18.2 Å². The molecule has 0 fully saturated rings. The Kier molecular flexibility index (Phi) is 2.37. The summed E-state index contributed by atoms with van der Waals surface area (Å²) in [5.41, 5.74) is 7.34. The van der Waals surface area contributed by atoms with Crippen LogP contribution < -0.4 is 5.73 Å². The number of aromatic nitrogens is 1. The Labute approximate surface area is 87.9 Å². The van der Waals surface area contributed by atoms with E-state index >= 15 is 0 Å². The number of hydrogen-bond acceptors (Lipinski definition) is 2. The number of pyridine rings is 1. The molecule has 0 spiro atoms. The van der Waals surface area contributed by atoms with E-state index in [-0.39, 0.29) is 0 Å². The molecule has 1 aromatic heterocycles. The molecule has 0 bridgehead atoms. The van der Waals surface area contributed by atoms with E-state index in [9.17, 15) is 4.79 Å². The van der Waals surface area contributed by atoms with Crippen molar-refractivity contribution < 1.29 is 4.79 Å². The lowest BCUT2D eigenvalue weighted by atomic mass is 10.1. The number of nitrogens with zero attached hydrogens (tertiary/aromatic N) is 1. The monoisotopic (exact) mass is 199 g/mol. The van der Waals surface area contributed by atoms with Crippen LogP contribution in [-0.2, 0) is 6.42 Å². The van der Waals surface area contributed by atoms with Crippen molar-refractivity contribution in [1.82, 2.24) is 4.98 Å². The lowest BCUT2D eigenvalue weighted by Gasteiger charge is -2.01. The molecule has 3 nitrogen and oxygen atoms in total. The first-order chi connectivity index (χ1) is 7.20. The number of rotatable bonds is 2. The van der Waals surface area contributed by atoms with Crippen LogP contribution in [0.2, 0.25) is 0 Å². The number of aryl methyl sites for hydroxylation is 1. The third-order valence-electron chi connectivity index (χ3n) is 2.31. The molecule has 3 heteroatoms. The summed E-state index contributed by atoms with van der Waals surface area (Å²) >= 11 is 0. The largest absolute Gasteiger partial charge is 0.364 e. The maximum absolute atomic E-state index is 11.0. The van der Waals surface area contributed by atoms with Crippen molar-refractivity contribution in [3.05, 3.63) is 41.6 Å². The fourth-order valence-corrected chi connectivity index (χ4v) is 1.44. The van der Waals surface area contributed by atoms with Crippen LogP contribution in [0.15, 0.2) is 24.3 Å². The molecule has 2 aromatic rings. The normalized spacial score (nSPS) is 10.5. The van der Waals surface area contributed by atoms with Gasteiger partial charge in [0.25, 0.3) is 5.91 Å². The van der Waals surface area contributed by atoms with Gasteiger partial charge in [0.15, 0.2) is 0 Å². The first-order valence-corrected chi connectivity index (χ1v) is 4.82. The van der Waals surface area contributed by atoms with Gasteiger partial charge in [0, 0.05) is 5.39 Å². The molecule has 1 radical (unpaired) electrons. The Hall–Kier alpha value is -1.90. The molecule has 0 saturated heterocycles. The molecular weight excluding hydrogens is 188 g/mol. The standard InChI is InChI=1S/C12H11N2O/c1-2-8-3-4-9-5-6-10(12(13)15)14-11(9)7-8/h4-7H,2H2,1H3,(H2,13,15). The molecule has 0 aliphatic rings. The van der Waals surface area contributed by atoms with Crippen LogP contribution in [0.25, 0.3) is 10.9 Å². The van der Waals surface area contributed by atoms with Crippen molar-refractivity contribution in [3.8, 4) is 0 Å². The summed E-state index contributed by atoms with van der Waals surface area (Å²) in [6, 6.07) is 10.4. The van der Waals surface area contributed by atoms with Crippen LogP contribution in [0.5, 0.6) is 0 Å². The summed E-state index contributed by atoms with van der Waals surface area (Å²) in [5, 5.41) is 0.970. The maximum atomic E-state index is 11.0. The van der Waals surface area contributed by atoms with E-state index in [0.29, 0.717) is 5.69 Å². The minimum Gasteiger partial charge on any atom is -0.364 e. The van der Waals surface area contributed by atoms with Crippen LogP contribution in [0, 0.1) is 6.07 Å². The van der Waals surface area contributed by atoms with Gasteiger partial charge >= 0.3 is 0 Å². The highest BCUT2D eigenvalue weighted by Crippen LogP contribution is 2.14. The minimum absolute atomic E-state index is 0.302. The summed E-state index contributed by atoms with van der Waals surface area (Å²) in [4.78, 5) is 15.1. The molecule has 2 N–H and O–H groups in total. The number of carbonyl (C=O) groups excluding carboxylic acids is 1. The maximum Gasteiger partial charge on any atom is 0.267 e. The average Bonchev–Trinajstić information content (AvgIpc) is 2.27. The molecule has 0 aliphatic carbocycles. The Morgan fingerprint density at radius 3 is 3.00 bits per heavy atom. The van der Waals surface area contributed by atoms with Crippen molar-refractivity contribution in [2.45, 2.75) is 13.3 Å². The van der Waals surface area contributed by atoms with Crippen molar-refractivity contribution in [2.24, 2.45) is 5.73 Å². The number of fused-ring (bicyclic) bond motifs is 1. The van der Waals surface area contributed by atoms with Gasteiger partial charge in [0.1, 0.15) is 5.69 Å². The quantitative estimate of drug-likeness (QED) is 0.800. The molecule has 0 atom stereocenters. The molecule has 1 aromatic carbocycles. The number of carbonyl (C=O) groups is 1. The van der Waals surface area contributed by atoms with E-state index < -0.39 is 5.91 Å². The fraction of sp³-hybridized carbons (Fsp3) is 0.167. The zero-order valence-electron chi connectivity index (χ0n) is 8.45. The number of primary amides is 1. The fourth-order valence-electron chi connectivity index (χ4n) is 1.44. The highest BCUT2D eigenvalue weighted by atomic mass is 16.1. The molecule has 1 heterocycles. The van der Waals surface area contributed by atoms with Gasteiger partial charge in [-0.3, -0.25) is 4.79 Å². The smallest absolute Gasteiger partial charge is 0.267 e. The van der Waals surface area contributed by atoms with Gasteiger partial charge < -0.3 is 5.73 Å². The van der Waals surface area contributed by atoms with Crippen LogP contribution in [0.4, 0.5) is 0 Å². The van der Waals surface area contributed by atoms with Crippen LogP contribution >= 0.6 is 0 Å². The molecule has 1 amide bonds. The van der Waals surface area contributed by atoms with E-state index in [1.54, 1.807) is 6.07 Å². The summed E-state index contributed by atoms with van der Waals surface area (Å²) in [6.45, 7) is 2.05. The molecule has 0 saturated carbocycles. The Morgan fingerprint density at radius 1 is 1.53 bits per heavy atom. The molecule has 15 heavy (non-hydrogen) atoms. The zero-order chi connectivity index (χ0) is 10.8. The highest BCUT2D eigenvalue weighted by Gasteiger charge is 2.03. The SMILES string of the molecule is CCc1[c]cc2ccc(C(N)=O)nc2c1. The zero-order valence-corrected chi connectivity index (χ0v) is 8.45. The summed E-state index contributed by atoms with van der Waals surface area (Å²) < 4.78 is 0. The Balaban J connectivity index is 2.62. The molecule has 0 aliphatic heterocycles. The molecule has 2 rings (SSSR count). The van der Waals surface area contributed by atoms with Crippen LogP contribution in [0.1, 0.15) is 23.0 Å². The topological polar surface area (TPSA) is 56.0 Å². The number of benzene rings is 1. The highest BCUT2D eigenvalue weighted by molar-refractivity contribution is 5.93. The third-order valence-corrected chi connectivity index (χ3v) is 2.31. The summed E-state index contributed by atoms with van der Waals surface area (Å²) in [7, 11) is 0. The van der Waals surface area contributed by atoms with E-state index in [2.05, 4.69) is 18.0 Å².